The van der Waals surface area contributed by atoms with Crippen LogP contribution in [0.3, 0.4) is 0 Å². The van der Waals surface area contributed by atoms with E-state index in [4.69, 9.17) is 0 Å². The summed E-state index contributed by atoms with van der Waals surface area (Å²) >= 11 is 0. The number of aryl methyl sites for hydroxylation is 1. The van der Waals surface area contributed by atoms with Crippen LogP contribution in [0.2, 0.25) is 0 Å². The summed E-state index contributed by atoms with van der Waals surface area (Å²) in [5.41, 5.74) is 4.04. The van der Waals surface area contributed by atoms with Crippen LogP contribution in [0.25, 0.3) is 11.3 Å². The third-order valence-corrected chi connectivity index (χ3v) is 4.12. The summed E-state index contributed by atoms with van der Waals surface area (Å²) in [6.07, 6.45) is 0. The van der Waals surface area contributed by atoms with E-state index in [-0.39, 0.29) is 11.8 Å². The minimum Gasteiger partial charge on any atom is -0.352 e. The van der Waals surface area contributed by atoms with Crippen molar-refractivity contribution < 1.29 is 9.59 Å². The van der Waals surface area contributed by atoms with Gasteiger partial charge < -0.3 is 10.6 Å². The van der Waals surface area contributed by atoms with Crippen LogP contribution in [-0.2, 0) is 0 Å². The van der Waals surface area contributed by atoms with Crippen LogP contribution >= 0.6 is 0 Å². The van der Waals surface area contributed by atoms with Crippen molar-refractivity contribution in [2.45, 2.75) is 13.8 Å². The molecule has 5 nitrogen and oxygen atoms in total. The summed E-state index contributed by atoms with van der Waals surface area (Å²) in [6, 6.07) is 20.3. The SMILES string of the molecule is CCNC(=O)c1cccc(NC(=O)c2ccc(-c3ccccc3)nc2C)c1. The first-order valence-electron chi connectivity index (χ1n) is 8.81. The summed E-state index contributed by atoms with van der Waals surface area (Å²) in [6.45, 7) is 4.22. The topological polar surface area (TPSA) is 71.1 Å². The Morgan fingerprint density at radius 2 is 1.70 bits per heavy atom. The Labute approximate surface area is 158 Å². The minimum atomic E-state index is -0.257. The van der Waals surface area contributed by atoms with Crippen LogP contribution in [-0.4, -0.2) is 23.3 Å². The smallest absolute Gasteiger partial charge is 0.257 e. The van der Waals surface area contributed by atoms with E-state index in [0.29, 0.717) is 29.1 Å². The molecule has 27 heavy (non-hydrogen) atoms. The molecule has 2 aromatic carbocycles. The number of hydrogen-bond donors (Lipinski definition) is 2. The first-order valence-corrected chi connectivity index (χ1v) is 8.81. The number of anilines is 1. The van der Waals surface area contributed by atoms with Crippen molar-refractivity contribution in [1.82, 2.24) is 10.3 Å². The predicted molar refractivity (Wildman–Crippen MR) is 107 cm³/mol. The van der Waals surface area contributed by atoms with Crippen molar-refractivity contribution in [1.29, 1.82) is 0 Å². The molecule has 0 aliphatic carbocycles. The highest BCUT2D eigenvalue weighted by Gasteiger charge is 2.13. The van der Waals surface area contributed by atoms with Gasteiger partial charge in [0.2, 0.25) is 0 Å². The van der Waals surface area contributed by atoms with E-state index in [1.165, 1.54) is 0 Å². The van der Waals surface area contributed by atoms with Crippen LogP contribution in [0.4, 0.5) is 5.69 Å². The van der Waals surface area contributed by atoms with Crippen molar-refractivity contribution >= 4 is 17.5 Å². The van der Waals surface area contributed by atoms with Crippen molar-refractivity contribution in [2.75, 3.05) is 11.9 Å². The Morgan fingerprint density at radius 3 is 2.41 bits per heavy atom. The lowest BCUT2D eigenvalue weighted by atomic mass is 10.1. The Balaban J connectivity index is 1.79. The number of benzene rings is 2. The van der Waals surface area contributed by atoms with E-state index in [1.54, 1.807) is 30.3 Å². The van der Waals surface area contributed by atoms with Gasteiger partial charge in [0, 0.05) is 23.4 Å². The first-order chi connectivity index (χ1) is 13.1. The van der Waals surface area contributed by atoms with Gasteiger partial charge in [0.15, 0.2) is 0 Å². The van der Waals surface area contributed by atoms with Crippen LogP contribution in [0.1, 0.15) is 33.3 Å². The first kappa shape index (κ1) is 18.3. The summed E-state index contributed by atoms with van der Waals surface area (Å²) in [5.74, 6) is -0.425. The van der Waals surface area contributed by atoms with Gasteiger partial charge in [0.25, 0.3) is 11.8 Å². The van der Waals surface area contributed by atoms with Crippen molar-refractivity contribution in [3.63, 3.8) is 0 Å². The largest absolute Gasteiger partial charge is 0.352 e. The van der Waals surface area contributed by atoms with Gasteiger partial charge in [-0.15, -0.1) is 0 Å². The molecule has 2 amide bonds. The maximum Gasteiger partial charge on any atom is 0.257 e. The second-order valence-corrected chi connectivity index (χ2v) is 6.09. The van der Waals surface area contributed by atoms with Crippen LogP contribution in [0.15, 0.2) is 66.7 Å². The van der Waals surface area contributed by atoms with Gasteiger partial charge >= 0.3 is 0 Å². The summed E-state index contributed by atoms with van der Waals surface area (Å²) in [5, 5.41) is 5.58. The average molecular weight is 359 g/mol. The molecular weight excluding hydrogens is 338 g/mol. The quantitative estimate of drug-likeness (QED) is 0.722. The third kappa shape index (κ3) is 4.39. The number of nitrogens with one attached hydrogen (secondary N) is 2. The zero-order chi connectivity index (χ0) is 19.2. The molecule has 3 aromatic rings. The third-order valence-electron chi connectivity index (χ3n) is 4.12. The fraction of sp³-hybridized carbons (Fsp3) is 0.136. The molecule has 0 saturated carbocycles. The average Bonchev–Trinajstić information content (AvgIpc) is 2.69. The molecule has 0 aliphatic heterocycles. The molecule has 1 heterocycles. The standard InChI is InChI=1S/C22H21N3O2/c1-3-23-21(26)17-10-7-11-18(14-17)25-22(27)19-12-13-20(24-15(19)2)16-8-5-4-6-9-16/h4-14H,3H2,1-2H3,(H,23,26)(H,25,27). The Kier molecular flexibility index (Phi) is 5.61. The van der Waals surface area contributed by atoms with Gasteiger partial charge in [-0.1, -0.05) is 36.4 Å². The summed E-state index contributed by atoms with van der Waals surface area (Å²) < 4.78 is 0. The Hall–Kier alpha value is -3.47. The molecular formula is C22H21N3O2. The molecule has 5 heteroatoms. The molecule has 0 saturated heterocycles. The number of rotatable bonds is 5. The number of amides is 2. The lowest BCUT2D eigenvalue weighted by Gasteiger charge is -2.10. The number of hydrogen-bond acceptors (Lipinski definition) is 3. The van der Waals surface area contributed by atoms with Gasteiger partial charge in [0.1, 0.15) is 0 Å². The van der Waals surface area contributed by atoms with Gasteiger partial charge in [-0.2, -0.15) is 0 Å². The fourth-order valence-corrected chi connectivity index (χ4v) is 2.77. The monoisotopic (exact) mass is 359 g/mol. The molecule has 0 aliphatic rings. The second kappa shape index (κ2) is 8.27. The van der Waals surface area contributed by atoms with E-state index >= 15 is 0 Å². The minimum absolute atomic E-state index is 0.168. The van der Waals surface area contributed by atoms with E-state index in [1.807, 2.05) is 50.2 Å². The lowest BCUT2D eigenvalue weighted by Crippen LogP contribution is -2.22. The van der Waals surface area contributed by atoms with Crippen molar-refractivity contribution in [2.24, 2.45) is 0 Å². The number of pyridine rings is 1. The highest BCUT2D eigenvalue weighted by molar-refractivity contribution is 6.06. The molecule has 2 N–H and O–H groups in total. The van der Waals surface area contributed by atoms with Gasteiger partial charge in [-0.3, -0.25) is 14.6 Å². The van der Waals surface area contributed by atoms with Gasteiger partial charge in [0.05, 0.1) is 17.0 Å². The fourth-order valence-electron chi connectivity index (χ4n) is 2.77. The molecule has 1 aromatic heterocycles. The lowest BCUT2D eigenvalue weighted by molar-refractivity contribution is 0.0954. The zero-order valence-electron chi connectivity index (χ0n) is 15.3. The van der Waals surface area contributed by atoms with Crippen molar-refractivity contribution in [3.05, 3.63) is 83.6 Å². The van der Waals surface area contributed by atoms with Gasteiger partial charge in [-0.05, 0) is 44.2 Å². The molecule has 0 fully saturated rings. The molecule has 136 valence electrons. The van der Waals surface area contributed by atoms with E-state index < -0.39 is 0 Å². The Bertz CT molecular complexity index is 968. The highest BCUT2D eigenvalue weighted by atomic mass is 16.2. The van der Waals surface area contributed by atoms with E-state index in [2.05, 4.69) is 15.6 Å². The summed E-state index contributed by atoms with van der Waals surface area (Å²) in [7, 11) is 0. The number of carbonyl (C=O) groups is 2. The maximum absolute atomic E-state index is 12.6. The number of aromatic nitrogens is 1. The molecule has 0 atom stereocenters. The second-order valence-electron chi connectivity index (χ2n) is 6.09. The molecule has 0 bridgehead atoms. The van der Waals surface area contributed by atoms with Crippen LogP contribution in [0.5, 0.6) is 0 Å². The van der Waals surface area contributed by atoms with Crippen LogP contribution < -0.4 is 10.6 Å². The van der Waals surface area contributed by atoms with E-state index in [0.717, 1.165) is 11.3 Å². The maximum atomic E-state index is 12.6. The summed E-state index contributed by atoms with van der Waals surface area (Å²) in [4.78, 5) is 29.1. The van der Waals surface area contributed by atoms with Gasteiger partial charge in [-0.25, -0.2) is 0 Å². The molecule has 3 rings (SSSR count). The highest BCUT2D eigenvalue weighted by Crippen LogP contribution is 2.20. The molecule has 0 unspecified atom stereocenters. The van der Waals surface area contributed by atoms with Crippen molar-refractivity contribution in [3.8, 4) is 11.3 Å². The van der Waals surface area contributed by atoms with Crippen LogP contribution in [0, 0.1) is 6.92 Å². The number of carbonyl (C=O) groups excluding carboxylic acids is 2. The molecule has 0 radical (unpaired) electrons. The zero-order valence-corrected chi connectivity index (χ0v) is 15.3. The predicted octanol–water partition coefficient (Wildman–Crippen LogP) is 4.06. The van der Waals surface area contributed by atoms with E-state index in [9.17, 15) is 9.59 Å². The normalized spacial score (nSPS) is 10.3. The Morgan fingerprint density at radius 1 is 0.926 bits per heavy atom. The number of nitrogens with zero attached hydrogens (tertiary/aromatic N) is 1. The molecule has 0 spiro atoms.